The molecule has 2 aromatic rings. The lowest BCUT2D eigenvalue weighted by atomic mass is 9.98. The van der Waals surface area contributed by atoms with E-state index in [0.717, 1.165) is 44.6 Å². The van der Waals surface area contributed by atoms with Crippen LogP contribution < -0.4 is 15.5 Å². The summed E-state index contributed by atoms with van der Waals surface area (Å²) < 4.78 is 27.8. The van der Waals surface area contributed by atoms with Crippen molar-refractivity contribution >= 4 is 17.3 Å². The lowest BCUT2D eigenvalue weighted by Crippen LogP contribution is -2.34. The van der Waals surface area contributed by atoms with E-state index in [1.807, 2.05) is 11.9 Å². The fourth-order valence-corrected chi connectivity index (χ4v) is 3.04. The number of aromatic nitrogens is 2. The molecule has 1 fully saturated rings. The Morgan fingerprint density at radius 2 is 2.00 bits per heavy atom. The van der Waals surface area contributed by atoms with Crippen LogP contribution in [0.5, 0.6) is 0 Å². The summed E-state index contributed by atoms with van der Waals surface area (Å²) in [5.41, 5.74) is -0.412. The van der Waals surface area contributed by atoms with E-state index >= 15 is 0 Å². The van der Waals surface area contributed by atoms with E-state index < -0.39 is 11.6 Å². The number of hydrogen-bond donors (Lipinski definition) is 2. The van der Waals surface area contributed by atoms with Gasteiger partial charge in [-0.15, -0.1) is 0 Å². The largest absolute Gasteiger partial charge is 0.359 e. The maximum absolute atomic E-state index is 14.0. The predicted molar refractivity (Wildman–Crippen MR) is 95.3 cm³/mol. The molecule has 0 spiro atoms. The minimum atomic E-state index is -0.784. The van der Waals surface area contributed by atoms with Crippen LogP contribution in [0.1, 0.15) is 18.4 Å². The van der Waals surface area contributed by atoms with Gasteiger partial charge < -0.3 is 15.5 Å². The Labute approximate surface area is 150 Å². The molecular formula is C18H20F2N6. The van der Waals surface area contributed by atoms with Crippen LogP contribution in [-0.4, -0.2) is 36.6 Å². The average Bonchev–Trinajstić information content (AvgIpc) is 2.65. The van der Waals surface area contributed by atoms with Crippen LogP contribution >= 0.6 is 0 Å². The molecule has 0 aliphatic carbocycles. The van der Waals surface area contributed by atoms with Crippen molar-refractivity contribution in [3.05, 3.63) is 41.7 Å². The van der Waals surface area contributed by atoms with Crippen molar-refractivity contribution in [2.45, 2.75) is 12.8 Å². The Balaban J connectivity index is 1.73. The molecule has 2 N–H and O–H groups in total. The Morgan fingerprint density at radius 1 is 1.23 bits per heavy atom. The Hall–Kier alpha value is -2.79. The summed E-state index contributed by atoms with van der Waals surface area (Å²) in [6.45, 7) is 2.93. The van der Waals surface area contributed by atoms with Crippen molar-refractivity contribution in [3.63, 3.8) is 0 Å². The SMILES string of the molecule is CN(CC1CCNCC1)c1cc(Nc2cc(F)c(C#N)cc2F)ncn1. The van der Waals surface area contributed by atoms with Gasteiger partial charge in [0.15, 0.2) is 0 Å². The van der Waals surface area contributed by atoms with Gasteiger partial charge in [-0.2, -0.15) is 5.26 Å². The molecule has 0 unspecified atom stereocenters. The van der Waals surface area contributed by atoms with Crippen molar-refractivity contribution in [3.8, 4) is 6.07 Å². The van der Waals surface area contributed by atoms with Crippen LogP contribution in [0.4, 0.5) is 26.1 Å². The molecule has 1 aliphatic heterocycles. The molecule has 1 aromatic heterocycles. The maximum Gasteiger partial charge on any atom is 0.148 e. The molecular weight excluding hydrogens is 338 g/mol. The predicted octanol–water partition coefficient (Wildman–Crippen LogP) is 2.81. The zero-order valence-electron chi connectivity index (χ0n) is 14.5. The molecule has 0 bridgehead atoms. The highest BCUT2D eigenvalue weighted by Gasteiger charge is 2.16. The molecule has 26 heavy (non-hydrogen) atoms. The molecule has 0 saturated carbocycles. The third-order valence-corrected chi connectivity index (χ3v) is 4.47. The number of hydrogen-bond acceptors (Lipinski definition) is 6. The number of benzene rings is 1. The standard InChI is InChI=1S/C18H20F2N6/c1-26(10-12-2-4-22-5-3-12)18-8-17(23-11-24-18)25-16-7-14(19)13(9-21)6-15(16)20/h6-8,11-12,22H,2-5,10H2,1H3,(H,23,24,25). The highest BCUT2D eigenvalue weighted by molar-refractivity contribution is 5.61. The van der Waals surface area contributed by atoms with Gasteiger partial charge in [0, 0.05) is 25.7 Å². The minimum Gasteiger partial charge on any atom is -0.359 e. The van der Waals surface area contributed by atoms with Crippen molar-refractivity contribution in [2.24, 2.45) is 5.92 Å². The van der Waals surface area contributed by atoms with Crippen LogP contribution in [0.2, 0.25) is 0 Å². The zero-order valence-corrected chi connectivity index (χ0v) is 14.5. The van der Waals surface area contributed by atoms with Crippen LogP contribution in [0, 0.1) is 28.9 Å². The van der Waals surface area contributed by atoms with E-state index in [1.54, 1.807) is 12.1 Å². The fourth-order valence-electron chi connectivity index (χ4n) is 3.04. The van der Waals surface area contributed by atoms with Crippen molar-refractivity contribution in [1.29, 1.82) is 5.26 Å². The molecule has 0 amide bonds. The summed E-state index contributed by atoms with van der Waals surface area (Å²) in [6.07, 6.45) is 3.63. The summed E-state index contributed by atoms with van der Waals surface area (Å²) in [5.74, 6) is 0.156. The summed E-state index contributed by atoms with van der Waals surface area (Å²) in [5, 5.41) is 14.8. The van der Waals surface area contributed by atoms with Gasteiger partial charge in [0.2, 0.25) is 0 Å². The second kappa shape index (κ2) is 8.06. The second-order valence-corrected chi connectivity index (χ2v) is 6.38. The Kier molecular flexibility index (Phi) is 5.58. The van der Waals surface area contributed by atoms with E-state index in [1.165, 1.54) is 6.33 Å². The van der Waals surface area contributed by atoms with Gasteiger partial charge in [0.05, 0.1) is 11.3 Å². The van der Waals surface area contributed by atoms with Crippen LogP contribution in [0.15, 0.2) is 24.5 Å². The van der Waals surface area contributed by atoms with Gasteiger partial charge in [-0.1, -0.05) is 0 Å². The van der Waals surface area contributed by atoms with Crippen LogP contribution in [-0.2, 0) is 0 Å². The maximum atomic E-state index is 14.0. The lowest BCUT2D eigenvalue weighted by molar-refractivity contribution is 0.377. The van der Waals surface area contributed by atoms with Crippen molar-refractivity contribution in [2.75, 3.05) is 36.9 Å². The first-order chi connectivity index (χ1) is 12.6. The highest BCUT2D eigenvalue weighted by Crippen LogP contribution is 2.24. The number of piperidine rings is 1. The zero-order chi connectivity index (χ0) is 18.5. The average molecular weight is 358 g/mol. The first kappa shape index (κ1) is 18.0. The molecule has 1 saturated heterocycles. The first-order valence-corrected chi connectivity index (χ1v) is 8.47. The Bertz CT molecular complexity index is 814. The van der Waals surface area contributed by atoms with E-state index in [9.17, 15) is 8.78 Å². The topological polar surface area (TPSA) is 76.9 Å². The van der Waals surface area contributed by atoms with Crippen molar-refractivity contribution < 1.29 is 8.78 Å². The summed E-state index contributed by atoms with van der Waals surface area (Å²) in [6, 6.07) is 5.12. The number of nitrogens with zero attached hydrogens (tertiary/aromatic N) is 4. The summed E-state index contributed by atoms with van der Waals surface area (Å²) in [4.78, 5) is 10.4. The van der Waals surface area contributed by atoms with Gasteiger partial charge in [-0.3, -0.25) is 0 Å². The van der Waals surface area contributed by atoms with E-state index in [0.29, 0.717) is 17.6 Å². The van der Waals surface area contributed by atoms with Gasteiger partial charge in [0.25, 0.3) is 0 Å². The monoisotopic (exact) mass is 358 g/mol. The van der Waals surface area contributed by atoms with E-state index in [4.69, 9.17) is 5.26 Å². The molecule has 0 radical (unpaired) electrons. The number of rotatable bonds is 5. The van der Waals surface area contributed by atoms with Crippen molar-refractivity contribution in [1.82, 2.24) is 15.3 Å². The van der Waals surface area contributed by atoms with E-state index in [-0.39, 0.29) is 11.3 Å². The van der Waals surface area contributed by atoms with Gasteiger partial charge in [-0.25, -0.2) is 18.7 Å². The number of nitrogens with one attached hydrogen (secondary N) is 2. The molecule has 3 rings (SSSR count). The van der Waals surface area contributed by atoms with Gasteiger partial charge >= 0.3 is 0 Å². The number of anilines is 3. The Morgan fingerprint density at radius 3 is 2.73 bits per heavy atom. The van der Waals surface area contributed by atoms with Gasteiger partial charge in [-0.05, 0) is 37.9 Å². The molecule has 1 aliphatic rings. The van der Waals surface area contributed by atoms with E-state index in [2.05, 4.69) is 20.6 Å². The third-order valence-electron chi connectivity index (χ3n) is 4.47. The summed E-state index contributed by atoms with van der Waals surface area (Å²) >= 11 is 0. The molecule has 8 heteroatoms. The molecule has 0 atom stereocenters. The second-order valence-electron chi connectivity index (χ2n) is 6.38. The normalized spacial score (nSPS) is 14.7. The first-order valence-electron chi connectivity index (χ1n) is 8.47. The van der Waals surface area contributed by atoms with Crippen LogP contribution in [0.25, 0.3) is 0 Å². The smallest absolute Gasteiger partial charge is 0.148 e. The quantitative estimate of drug-likeness (QED) is 0.856. The molecule has 1 aromatic carbocycles. The molecule has 136 valence electrons. The summed E-state index contributed by atoms with van der Waals surface area (Å²) in [7, 11) is 1.95. The molecule has 6 nitrogen and oxygen atoms in total. The molecule has 2 heterocycles. The highest BCUT2D eigenvalue weighted by atomic mass is 19.1. The lowest BCUT2D eigenvalue weighted by Gasteiger charge is -2.28. The van der Waals surface area contributed by atoms with Gasteiger partial charge in [0.1, 0.15) is 35.7 Å². The number of nitriles is 1. The third kappa shape index (κ3) is 4.24. The minimum absolute atomic E-state index is 0.0767. The fraction of sp³-hybridized carbons (Fsp3) is 0.389. The number of halogens is 2. The van der Waals surface area contributed by atoms with Crippen LogP contribution in [0.3, 0.4) is 0 Å².